The standard InChI is InChI=1S/C43H29Cl2FN2O6/c44-42-22-33-31(18-19-32-35(33)39(52)47(38(32)51)26-14-10-24(11-15-26)37(50)23-6-2-1-3-7-23)36(30-20-21-34(49)29-9-5-4-8-28(29)30)43(42,45)41(54)48(40(42)53)27-16-12-25(46)13-17-27/h1-18,20-21,32-33,35-36,49H,19,22H2. The molecule has 4 aliphatic rings. The van der Waals surface area contributed by atoms with Crippen LogP contribution < -0.4 is 9.80 Å². The minimum atomic E-state index is -2.12. The Labute approximate surface area is 318 Å². The molecule has 4 amide bonds. The molecule has 6 atom stereocenters. The van der Waals surface area contributed by atoms with Gasteiger partial charge in [-0.05, 0) is 84.3 Å². The summed E-state index contributed by atoms with van der Waals surface area (Å²) in [7, 11) is 0. The van der Waals surface area contributed by atoms with Crippen molar-refractivity contribution >= 4 is 74.8 Å². The summed E-state index contributed by atoms with van der Waals surface area (Å²) in [5.74, 6) is -6.96. The van der Waals surface area contributed by atoms with Crippen molar-refractivity contribution in [3.63, 3.8) is 0 Å². The topological polar surface area (TPSA) is 112 Å². The van der Waals surface area contributed by atoms with Crippen LogP contribution in [0.1, 0.15) is 40.2 Å². The van der Waals surface area contributed by atoms with Crippen molar-refractivity contribution in [1.29, 1.82) is 0 Å². The highest BCUT2D eigenvalue weighted by Crippen LogP contribution is 2.66. The SMILES string of the molecule is O=C(c1ccccc1)c1ccc(N2C(=O)C3CC=C4C(CC5(Cl)C(=O)N(c6ccc(F)cc6)C(=O)C5(Cl)C4c4ccc(O)c5ccccc45)C3C2=O)cc1. The van der Waals surface area contributed by atoms with Gasteiger partial charge in [0.25, 0.3) is 11.8 Å². The summed E-state index contributed by atoms with van der Waals surface area (Å²) in [6.07, 6.45) is 1.76. The summed E-state index contributed by atoms with van der Waals surface area (Å²) in [5, 5.41) is 11.9. The summed E-state index contributed by atoms with van der Waals surface area (Å²) in [6.45, 7) is 0. The van der Waals surface area contributed by atoms with Gasteiger partial charge in [-0.15, -0.1) is 23.2 Å². The van der Waals surface area contributed by atoms with Gasteiger partial charge < -0.3 is 5.11 Å². The predicted octanol–water partition coefficient (Wildman–Crippen LogP) is 7.68. The van der Waals surface area contributed by atoms with E-state index in [1.165, 1.54) is 18.2 Å². The summed E-state index contributed by atoms with van der Waals surface area (Å²) >= 11 is 15.1. The van der Waals surface area contributed by atoms with Gasteiger partial charge in [-0.25, -0.2) is 9.29 Å². The Morgan fingerprint density at radius 3 is 2.00 bits per heavy atom. The van der Waals surface area contributed by atoms with Crippen molar-refractivity contribution < 1.29 is 33.5 Å². The molecule has 54 heavy (non-hydrogen) atoms. The fourth-order valence-electron chi connectivity index (χ4n) is 9.07. The number of aromatic hydroxyl groups is 1. The van der Waals surface area contributed by atoms with Crippen LogP contribution in [-0.4, -0.2) is 44.3 Å². The highest BCUT2D eigenvalue weighted by Gasteiger charge is 2.76. The Balaban J connectivity index is 1.16. The van der Waals surface area contributed by atoms with Crippen LogP contribution in [0.2, 0.25) is 0 Å². The number of fused-ring (bicyclic) bond motifs is 5. The lowest BCUT2D eigenvalue weighted by atomic mass is 9.56. The van der Waals surface area contributed by atoms with Crippen LogP contribution in [0.25, 0.3) is 10.8 Å². The van der Waals surface area contributed by atoms with Gasteiger partial charge in [0, 0.05) is 22.4 Å². The second-order valence-electron chi connectivity index (χ2n) is 14.2. The number of imide groups is 2. The monoisotopic (exact) mass is 758 g/mol. The number of nitrogens with zero attached hydrogens (tertiary/aromatic N) is 2. The lowest BCUT2D eigenvalue weighted by Crippen LogP contribution is -2.60. The molecule has 2 aliphatic carbocycles. The number of phenols is 1. The third kappa shape index (κ3) is 4.64. The first-order valence-electron chi connectivity index (χ1n) is 17.5. The molecule has 1 N–H and O–H groups in total. The molecule has 8 nitrogen and oxygen atoms in total. The first kappa shape index (κ1) is 34.1. The van der Waals surface area contributed by atoms with E-state index < -0.39 is 62.9 Å². The van der Waals surface area contributed by atoms with E-state index in [1.54, 1.807) is 78.9 Å². The maximum atomic E-state index is 14.7. The molecule has 2 saturated heterocycles. The molecule has 0 radical (unpaired) electrons. The van der Waals surface area contributed by atoms with E-state index in [0.29, 0.717) is 38.7 Å². The fourth-order valence-corrected chi connectivity index (χ4v) is 10.0. The minimum Gasteiger partial charge on any atom is -0.507 e. The number of halogens is 3. The van der Waals surface area contributed by atoms with Crippen molar-refractivity contribution in [2.75, 3.05) is 9.80 Å². The van der Waals surface area contributed by atoms with Crippen LogP contribution in [0.15, 0.2) is 127 Å². The first-order chi connectivity index (χ1) is 26.0. The number of carbonyl (C=O) groups excluding carboxylic acids is 5. The number of phenolic OH excluding ortho intramolecular Hbond substituents is 1. The van der Waals surface area contributed by atoms with E-state index in [-0.39, 0.29) is 30.1 Å². The molecule has 0 bridgehead atoms. The number of hydrogen-bond acceptors (Lipinski definition) is 6. The Bertz CT molecular complexity index is 2490. The second-order valence-corrected chi connectivity index (χ2v) is 15.5. The van der Waals surface area contributed by atoms with Crippen LogP contribution >= 0.6 is 23.2 Å². The molecular weight excluding hydrogens is 730 g/mol. The Morgan fingerprint density at radius 2 is 1.30 bits per heavy atom. The zero-order valence-corrected chi connectivity index (χ0v) is 29.8. The van der Waals surface area contributed by atoms with Crippen LogP contribution in [0.3, 0.4) is 0 Å². The molecule has 5 aromatic carbocycles. The molecular formula is C43H29Cl2FN2O6. The first-order valence-corrected chi connectivity index (χ1v) is 18.2. The molecule has 268 valence electrons. The zero-order chi connectivity index (χ0) is 37.7. The number of rotatable bonds is 5. The molecule has 11 heteroatoms. The maximum absolute atomic E-state index is 14.7. The van der Waals surface area contributed by atoms with Gasteiger partial charge >= 0.3 is 0 Å². The molecule has 5 aromatic rings. The average Bonchev–Trinajstić information content (AvgIpc) is 3.53. The maximum Gasteiger partial charge on any atom is 0.258 e. The van der Waals surface area contributed by atoms with E-state index in [2.05, 4.69) is 0 Å². The van der Waals surface area contributed by atoms with Crippen molar-refractivity contribution in [2.24, 2.45) is 17.8 Å². The number of anilines is 2. The lowest BCUT2D eigenvalue weighted by molar-refractivity contribution is -0.125. The van der Waals surface area contributed by atoms with Crippen molar-refractivity contribution in [2.45, 2.75) is 28.5 Å². The Morgan fingerprint density at radius 1 is 0.685 bits per heavy atom. The van der Waals surface area contributed by atoms with Gasteiger partial charge in [0.2, 0.25) is 11.8 Å². The molecule has 1 saturated carbocycles. The molecule has 0 aromatic heterocycles. The molecule has 6 unspecified atom stereocenters. The van der Waals surface area contributed by atoms with E-state index in [1.807, 2.05) is 12.1 Å². The Hall–Kier alpha value is -5.64. The molecule has 9 rings (SSSR count). The normalized spacial score (nSPS) is 27.5. The van der Waals surface area contributed by atoms with Crippen LogP contribution in [0, 0.1) is 23.6 Å². The number of amides is 4. The summed E-state index contributed by atoms with van der Waals surface area (Å²) in [5.41, 5.74) is 2.36. The molecule has 2 aliphatic heterocycles. The smallest absolute Gasteiger partial charge is 0.258 e. The molecule has 0 spiro atoms. The quantitative estimate of drug-likeness (QED) is 0.0852. The largest absolute Gasteiger partial charge is 0.507 e. The predicted molar refractivity (Wildman–Crippen MR) is 201 cm³/mol. The van der Waals surface area contributed by atoms with Crippen LogP contribution in [0.4, 0.5) is 15.8 Å². The van der Waals surface area contributed by atoms with Crippen LogP contribution in [0.5, 0.6) is 5.75 Å². The van der Waals surface area contributed by atoms with E-state index in [9.17, 15) is 33.5 Å². The van der Waals surface area contributed by atoms with Gasteiger partial charge in [-0.1, -0.05) is 72.3 Å². The highest BCUT2D eigenvalue weighted by atomic mass is 35.5. The number of ketones is 1. The van der Waals surface area contributed by atoms with Crippen molar-refractivity contribution in [3.05, 3.63) is 149 Å². The van der Waals surface area contributed by atoms with Gasteiger partial charge in [-0.3, -0.25) is 28.9 Å². The summed E-state index contributed by atoms with van der Waals surface area (Å²) in [6, 6.07) is 30.0. The third-order valence-electron chi connectivity index (χ3n) is 11.6. The van der Waals surface area contributed by atoms with Crippen LogP contribution in [-0.2, 0) is 19.2 Å². The van der Waals surface area contributed by atoms with Crippen molar-refractivity contribution in [1.82, 2.24) is 0 Å². The molecule has 3 fully saturated rings. The van der Waals surface area contributed by atoms with Gasteiger partial charge in [-0.2, -0.15) is 0 Å². The third-order valence-corrected chi connectivity index (χ3v) is 13.0. The fraction of sp³-hybridized carbons (Fsp3) is 0.186. The van der Waals surface area contributed by atoms with Gasteiger partial charge in [0.1, 0.15) is 11.6 Å². The minimum absolute atomic E-state index is 0.00869. The number of alkyl halides is 2. The van der Waals surface area contributed by atoms with E-state index >= 15 is 0 Å². The lowest BCUT2D eigenvalue weighted by Gasteiger charge is -2.51. The zero-order valence-electron chi connectivity index (χ0n) is 28.3. The number of carbonyl (C=O) groups is 5. The second kappa shape index (κ2) is 12.2. The number of hydrogen-bond donors (Lipinski definition) is 1. The molecule has 2 heterocycles. The number of benzene rings is 5. The van der Waals surface area contributed by atoms with Gasteiger partial charge in [0.05, 0.1) is 23.2 Å². The Kier molecular flexibility index (Phi) is 7.71. The number of allylic oxidation sites excluding steroid dienone is 2. The summed E-state index contributed by atoms with van der Waals surface area (Å²) < 4.78 is 14.0. The van der Waals surface area contributed by atoms with E-state index in [4.69, 9.17) is 23.2 Å². The van der Waals surface area contributed by atoms with E-state index in [0.717, 1.165) is 21.9 Å². The average molecular weight is 760 g/mol. The highest BCUT2D eigenvalue weighted by molar-refractivity contribution is 6.58. The van der Waals surface area contributed by atoms with Gasteiger partial charge in [0.15, 0.2) is 15.5 Å². The van der Waals surface area contributed by atoms with Crippen molar-refractivity contribution in [3.8, 4) is 5.75 Å². The summed E-state index contributed by atoms with van der Waals surface area (Å²) in [4.78, 5) is 68.9.